The molecule has 0 radical (unpaired) electrons. The number of benzene rings is 2. The van der Waals surface area contributed by atoms with Gasteiger partial charge in [0.1, 0.15) is 12.0 Å². The van der Waals surface area contributed by atoms with Crippen LogP contribution in [0.2, 0.25) is 5.02 Å². The summed E-state index contributed by atoms with van der Waals surface area (Å²) >= 11 is 5.96. The fourth-order valence-electron chi connectivity index (χ4n) is 3.09. The summed E-state index contributed by atoms with van der Waals surface area (Å²) in [5.41, 5.74) is 4.83. The summed E-state index contributed by atoms with van der Waals surface area (Å²) in [6.07, 6.45) is 2.00. The molecule has 9 nitrogen and oxygen atoms in total. The Labute approximate surface area is 215 Å². The highest BCUT2D eigenvalue weighted by molar-refractivity contribution is 6.30. The molecule has 10 heteroatoms. The number of nitrogens with one attached hydrogen (secondary N) is 1. The summed E-state index contributed by atoms with van der Waals surface area (Å²) in [5, 5.41) is 4.65. The van der Waals surface area contributed by atoms with Gasteiger partial charge in [-0.05, 0) is 62.2 Å². The Morgan fingerprint density at radius 1 is 1.08 bits per heavy atom. The molecule has 1 aromatic heterocycles. The number of hydroxylamine groups is 1. The van der Waals surface area contributed by atoms with Crippen LogP contribution in [0.1, 0.15) is 38.6 Å². The Bertz CT molecular complexity index is 1120. The highest BCUT2D eigenvalue weighted by atomic mass is 35.5. The van der Waals surface area contributed by atoms with Crippen molar-refractivity contribution in [1.29, 1.82) is 0 Å². The number of rotatable bonds is 14. The van der Waals surface area contributed by atoms with E-state index in [1.165, 1.54) is 6.26 Å². The number of carbonyl (C=O) groups is 1. The summed E-state index contributed by atoms with van der Waals surface area (Å²) < 4.78 is 21.9. The number of ether oxygens (including phenoxy) is 3. The Hall–Kier alpha value is -3.40. The maximum atomic E-state index is 12.1. The van der Waals surface area contributed by atoms with Crippen molar-refractivity contribution in [3.05, 3.63) is 71.3 Å². The van der Waals surface area contributed by atoms with Gasteiger partial charge in [0, 0.05) is 23.6 Å². The van der Waals surface area contributed by atoms with Crippen molar-refractivity contribution in [2.24, 2.45) is 0 Å². The normalized spacial score (nSPS) is 12.3. The molecule has 1 unspecified atom stereocenters. The lowest BCUT2D eigenvalue weighted by molar-refractivity contribution is -0.156. The standard InChI is InChI=1S/C26H30ClN3O6/c1-4-15-35-29-22(25-28-24(30-36-25)19-9-11-20(27)12-10-19)17-34-21-13-7-18(8-14-21)16-23(32-5-2)26(31)33-6-3/h7-14,17,23,29H,4-6,15-16H2,1-3H3. The molecule has 0 amide bonds. The van der Waals surface area contributed by atoms with E-state index in [4.69, 9.17) is 35.2 Å². The highest BCUT2D eigenvalue weighted by Gasteiger charge is 2.20. The van der Waals surface area contributed by atoms with E-state index >= 15 is 0 Å². The van der Waals surface area contributed by atoms with Crippen LogP contribution < -0.4 is 10.2 Å². The zero-order chi connectivity index (χ0) is 25.8. The number of hydrogen-bond acceptors (Lipinski definition) is 9. The molecule has 0 fully saturated rings. The van der Waals surface area contributed by atoms with Gasteiger partial charge in [-0.25, -0.2) is 4.79 Å². The molecule has 1 atom stereocenters. The van der Waals surface area contributed by atoms with E-state index in [9.17, 15) is 4.79 Å². The quantitative estimate of drug-likeness (QED) is 0.134. The maximum Gasteiger partial charge on any atom is 0.335 e. The van der Waals surface area contributed by atoms with Crippen LogP contribution in [0.15, 0.2) is 59.3 Å². The third-order valence-corrected chi connectivity index (χ3v) is 5.07. The monoisotopic (exact) mass is 515 g/mol. The molecule has 36 heavy (non-hydrogen) atoms. The molecule has 2 aromatic carbocycles. The molecule has 0 aliphatic rings. The second-order valence-electron chi connectivity index (χ2n) is 7.57. The van der Waals surface area contributed by atoms with Gasteiger partial charge in [-0.3, -0.25) is 10.3 Å². The predicted octanol–water partition coefficient (Wildman–Crippen LogP) is 5.21. The third-order valence-electron chi connectivity index (χ3n) is 4.82. The molecular weight excluding hydrogens is 486 g/mol. The molecule has 0 aliphatic carbocycles. The fourth-order valence-corrected chi connectivity index (χ4v) is 3.22. The van der Waals surface area contributed by atoms with E-state index in [-0.39, 0.29) is 11.9 Å². The van der Waals surface area contributed by atoms with E-state index in [2.05, 4.69) is 15.6 Å². The predicted molar refractivity (Wildman–Crippen MR) is 135 cm³/mol. The van der Waals surface area contributed by atoms with Crippen molar-refractivity contribution in [3.8, 4) is 17.1 Å². The summed E-state index contributed by atoms with van der Waals surface area (Å²) in [6, 6.07) is 14.4. The van der Waals surface area contributed by atoms with Gasteiger partial charge >= 0.3 is 5.97 Å². The van der Waals surface area contributed by atoms with Crippen LogP contribution in [-0.2, 0) is 25.5 Å². The largest absolute Gasteiger partial charge is 0.464 e. The van der Waals surface area contributed by atoms with E-state index in [0.29, 0.717) is 48.5 Å². The molecule has 1 N–H and O–H groups in total. The van der Waals surface area contributed by atoms with Gasteiger partial charge in [-0.2, -0.15) is 4.98 Å². The van der Waals surface area contributed by atoms with Gasteiger partial charge in [0.2, 0.25) is 5.82 Å². The van der Waals surface area contributed by atoms with Crippen molar-refractivity contribution >= 4 is 23.3 Å². The molecule has 3 aromatic rings. The molecule has 0 bridgehead atoms. The van der Waals surface area contributed by atoms with Gasteiger partial charge in [-0.1, -0.05) is 35.8 Å². The van der Waals surface area contributed by atoms with Gasteiger partial charge in [0.15, 0.2) is 11.8 Å². The van der Waals surface area contributed by atoms with Crippen molar-refractivity contribution in [1.82, 2.24) is 15.6 Å². The Morgan fingerprint density at radius 2 is 1.83 bits per heavy atom. The molecule has 192 valence electrons. The van der Waals surface area contributed by atoms with Crippen LogP contribution in [0.4, 0.5) is 0 Å². The van der Waals surface area contributed by atoms with Crippen molar-refractivity contribution in [2.75, 3.05) is 19.8 Å². The first-order valence-electron chi connectivity index (χ1n) is 11.8. The first kappa shape index (κ1) is 27.2. The fraction of sp³-hybridized carbons (Fsp3) is 0.346. The average Bonchev–Trinajstić information content (AvgIpc) is 3.37. The second-order valence-corrected chi connectivity index (χ2v) is 8.01. The minimum absolute atomic E-state index is 0.196. The minimum atomic E-state index is -0.652. The number of carbonyl (C=O) groups excluding carboxylic acids is 1. The highest BCUT2D eigenvalue weighted by Crippen LogP contribution is 2.22. The summed E-state index contributed by atoms with van der Waals surface area (Å²) in [5.74, 6) is 0.791. The van der Waals surface area contributed by atoms with E-state index in [0.717, 1.165) is 17.5 Å². The first-order valence-corrected chi connectivity index (χ1v) is 12.1. The van der Waals surface area contributed by atoms with Crippen LogP contribution >= 0.6 is 11.6 Å². The van der Waals surface area contributed by atoms with Crippen molar-refractivity contribution in [3.63, 3.8) is 0 Å². The summed E-state index contributed by atoms with van der Waals surface area (Å²) in [6.45, 7) is 6.80. The molecule has 0 saturated heterocycles. The maximum absolute atomic E-state index is 12.1. The molecule has 0 saturated carbocycles. The zero-order valence-corrected chi connectivity index (χ0v) is 21.3. The SMILES string of the molecule is CCCONC(=COc1ccc(CC(OCC)C(=O)OCC)cc1)c1nc(-c2ccc(Cl)cc2)no1. The van der Waals surface area contributed by atoms with Crippen LogP contribution in [0, 0.1) is 0 Å². The molecule has 3 rings (SSSR count). The molecule has 0 spiro atoms. The van der Waals surface area contributed by atoms with Gasteiger partial charge in [-0.15, -0.1) is 0 Å². The van der Waals surface area contributed by atoms with Gasteiger partial charge < -0.3 is 18.7 Å². The summed E-state index contributed by atoms with van der Waals surface area (Å²) in [4.78, 5) is 22.0. The van der Waals surface area contributed by atoms with E-state index in [1.807, 2.05) is 26.0 Å². The minimum Gasteiger partial charge on any atom is -0.464 e. The lowest BCUT2D eigenvalue weighted by Gasteiger charge is -2.15. The first-order chi connectivity index (χ1) is 17.5. The van der Waals surface area contributed by atoms with E-state index < -0.39 is 6.10 Å². The molecule has 1 heterocycles. The number of hydrogen-bond donors (Lipinski definition) is 1. The van der Waals surface area contributed by atoms with Crippen LogP contribution in [0.3, 0.4) is 0 Å². The number of esters is 1. The van der Waals surface area contributed by atoms with Crippen LogP contribution in [-0.4, -0.2) is 42.0 Å². The molecule has 0 aliphatic heterocycles. The van der Waals surface area contributed by atoms with Crippen LogP contribution in [0.25, 0.3) is 17.1 Å². The Kier molecular flexibility index (Phi) is 10.7. The zero-order valence-electron chi connectivity index (χ0n) is 20.5. The number of aromatic nitrogens is 2. The number of nitrogens with zero attached hydrogens (tertiary/aromatic N) is 2. The topological polar surface area (TPSA) is 105 Å². The third kappa shape index (κ3) is 8.08. The van der Waals surface area contributed by atoms with Gasteiger partial charge in [0.25, 0.3) is 5.89 Å². The van der Waals surface area contributed by atoms with Gasteiger partial charge in [0.05, 0.1) is 13.2 Å². The Morgan fingerprint density at radius 3 is 2.50 bits per heavy atom. The average molecular weight is 516 g/mol. The van der Waals surface area contributed by atoms with Crippen molar-refractivity contribution in [2.45, 2.75) is 39.7 Å². The second kappa shape index (κ2) is 14.2. The van der Waals surface area contributed by atoms with Crippen LogP contribution in [0.5, 0.6) is 5.75 Å². The van der Waals surface area contributed by atoms with Crippen molar-refractivity contribution < 1.29 is 28.4 Å². The molecular formula is C26H30ClN3O6. The lowest BCUT2D eigenvalue weighted by Crippen LogP contribution is -2.28. The lowest BCUT2D eigenvalue weighted by atomic mass is 10.1. The smallest absolute Gasteiger partial charge is 0.335 e. The number of halogens is 1. The summed E-state index contributed by atoms with van der Waals surface area (Å²) in [7, 11) is 0. The van der Waals surface area contributed by atoms with E-state index in [1.54, 1.807) is 43.3 Å². The Balaban J connectivity index is 1.71.